The number of fused-ring (bicyclic) bond motifs is 6. The summed E-state index contributed by atoms with van der Waals surface area (Å²) >= 11 is 0. The summed E-state index contributed by atoms with van der Waals surface area (Å²) in [5.74, 6) is 2.06. The van der Waals surface area contributed by atoms with Crippen LogP contribution in [0.3, 0.4) is 0 Å². The maximum Gasteiger partial charge on any atom is 0.340 e. The van der Waals surface area contributed by atoms with E-state index in [1.165, 1.54) is 0 Å². The van der Waals surface area contributed by atoms with Gasteiger partial charge in [-0.1, -0.05) is 74.5 Å². The van der Waals surface area contributed by atoms with Gasteiger partial charge >= 0.3 is 5.97 Å². The van der Waals surface area contributed by atoms with Crippen LogP contribution < -0.4 is 15.4 Å². The SMILES string of the molecule is CC1CCC(Nc2ccccc2)(Nc2cccc3c2C2(OC(=O)c4ccccc42)c2ccccc2O3)C(C)C1. The van der Waals surface area contributed by atoms with Gasteiger partial charge < -0.3 is 20.1 Å². The van der Waals surface area contributed by atoms with E-state index in [9.17, 15) is 4.79 Å². The lowest BCUT2D eigenvalue weighted by Gasteiger charge is -2.48. The molecule has 0 aromatic heterocycles. The van der Waals surface area contributed by atoms with Crippen LogP contribution in [0.25, 0.3) is 0 Å². The Morgan fingerprint density at radius 2 is 1.49 bits per heavy atom. The van der Waals surface area contributed by atoms with Crippen LogP contribution in [0.15, 0.2) is 97.1 Å². The highest BCUT2D eigenvalue weighted by Crippen LogP contribution is 2.58. The van der Waals surface area contributed by atoms with Gasteiger partial charge in [0.2, 0.25) is 0 Å². The number of hydrogen-bond donors (Lipinski definition) is 2. The van der Waals surface area contributed by atoms with Gasteiger partial charge in [-0.3, -0.25) is 0 Å². The van der Waals surface area contributed by atoms with Gasteiger partial charge in [-0.2, -0.15) is 0 Å². The van der Waals surface area contributed by atoms with E-state index in [1.54, 1.807) is 0 Å². The quantitative estimate of drug-likeness (QED) is 0.213. The number of hydrogen-bond acceptors (Lipinski definition) is 5. The molecule has 2 N–H and O–H groups in total. The number of rotatable bonds is 4. The normalized spacial score (nSPS) is 26.6. The summed E-state index contributed by atoms with van der Waals surface area (Å²) in [6.45, 7) is 4.66. The van der Waals surface area contributed by atoms with E-state index in [2.05, 4.69) is 54.8 Å². The Bertz CT molecular complexity index is 1570. The fraction of sp³-hybridized carbons (Fsp3) is 0.265. The Hall–Kier alpha value is -4.25. The molecule has 196 valence electrons. The Morgan fingerprint density at radius 1 is 0.769 bits per heavy atom. The molecule has 5 nitrogen and oxygen atoms in total. The van der Waals surface area contributed by atoms with Crippen LogP contribution in [0.2, 0.25) is 0 Å². The second kappa shape index (κ2) is 8.91. The second-order valence-electron chi connectivity index (χ2n) is 11.3. The van der Waals surface area contributed by atoms with Gasteiger partial charge in [0.1, 0.15) is 17.2 Å². The van der Waals surface area contributed by atoms with E-state index in [1.807, 2.05) is 66.7 Å². The molecule has 4 atom stereocenters. The molecule has 4 aromatic rings. The van der Waals surface area contributed by atoms with Gasteiger partial charge in [-0.15, -0.1) is 0 Å². The van der Waals surface area contributed by atoms with Crippen molar-refractivity contribution in [3.05, 3.63) is 119 Å². The van der Waals surface area contributed by atoms with Crippen molar-refractivity contribution in [3.63, 3.8) is 0 Å². The van der Waals surface area contributed by atoms with E-state index >= 15 is 0 Å². The zero-order valence-corrected chi connectivity index (χ0v) is 22.2. The summed E-state index contributed by atoms with van der Waals surface area (Å²) in [7, 11) is 0. The lowest BCUT2D eigenvalue weighted by Crippen LogP contribution is -2.54. The average molecular weight is 517 g/mol. The molecule has 4 unspecified atom stereocenters. The minimum absolute atomic E-state index is 0.319. The minimum atomic E-state index is -1.11. The molecule has 1 spiro atoms. The van der Waals surface area contributed by atoms with Gasteiger partial charge in [0.05, 0.1) is 11.1 Å². The number of carbonyl (C=O) groups excluding carboxylic acids is 1. The molecule has 1 aliphatic carbocycles. The standard InChI is InChI=1S/C34H32N2O3/c1-22-19-20-33(23(2)21-22,35-24-11-4-3-5-12-24)36-28-16-10-18-30-31(28)34(27-15-8-9-17-29(27)38-30)26-14-7-6-13-25(26)32(37)39-34/h3-18,22-23,35-36H,19-21H2,1-2H3. The zero-order chi connectivity index (χ0) is 26.6. The number of esters is 1. The molecule has 0 amide bonds. The summed E-state index contributed by atoms with van der Waals surface area (Å²) in [4.78, 5) is 13.4. The van der Waals surface area contributed by atoms with E-state index in [0.717, 1.165) is 47.3 Å². The van der Waals surface area contributed by atoms with Crippen molar-refractivity contribution in [3.8, 4) is 11.5 Å². The minimum Gasteiger partial charge on any atom is -0.456 e. The van der Waals surface area contributed by atoms with Crippen molar-refractivity contribution < 1.29 is 14.3 Å². The molecule has 2 aliphatic heterocycles. The highest BCUT2D eigenvalue weighted by atomic mass is 16.6. The Labute approximate surface area is 229 Å². The summed E-state index contributed by atoms with van der Waals surface area (Å²) in [5.41, 5.74) is 3.57. The highest BCUT2D eigenvalue weighted by Gasteiger charge is 2.55. The van der Waals surface area contributed by atoms with Gasteiger partial charge in [0.25, 0.3) is 0 Å². The molecule has 1 saturated carbocycles. The summed E-state index contributed by atoms with van der Waals surface area (Å²) < 4.78 is 12.9. The number of para-hydroxylation sites is 2. The summed E-state index contributed by atoms with van der Waals surface area (Å²) in [6, 6.07) is 32.1. The van der Waals surface area contributed by atoms with Crippen molar-refractivity contribution in [2.24, 2.45) is 11.8 Å². The predicted molar refractivity (Wildman–Crippen MR) is 153 cm³/mol. The monoisotopic (exact) mass is 516 g/mol. The maximum atomic E-state index is 13.4. The third-order valence-corrected chi connectivity index (χ3v) is 8.76. The zero-order valence-electron chi connectivity index (χ0n) is 22.2. The molecule has 3 aliphatic rings. The van der Waals surface area contributed by atoms with Crippen molar-refractivity contribution in [1.82, 2.24) is 0 Å². The number of benzene rings is 4. The van der Waals surface area contributed by atoms with Crippen molar-refractivity contribution in [2.75, 3.05) is 10.6 Å². The van der Waals surface area contributed by atoms with Crippen LogP contribution in [0.4, 0.5) is 11.4 Å². The maximum absolute atomic E-state index is 13.4. The van der Waals surface area contributed by atoms with E-state index in [-0.39, 0.29) is 5.97 Å². The second-order valence-corrected chi connectivity index (χ2v) is 11.3. The number of nitrogens with one attached hydrogen (secondary N) is 2. The van der Waals surface area contributed by atoms with Crippen molar-refractivity contribution >= 4 is 17.3 Å². The molecule has 0 saturated heterocycles. The largest absolute Gasteiger partial charge is 0.456 e. The molecule has 0 bridgehead atoms. The van der Waals surface area contributed by atoms with E-state index < -0.39 is 11.3 Å². The molecule has 5 heteroatoms. The lowest BCUT2D eigenvalue weighted by molar-refractivity contribution is 0.0226. The fourth-order valence-corrected chi connectivity index (χ4v) is 6.85. The van der Waals surface area contributed by atoms with Gasteiger partial charge in [-0.05, 0) is 67.5 Å². The van der Waals surface area contributed by atoms with Crippen molar-refractivity contribution in [1.29, 1.82) is 0 Å². The molecule has 7 rings (SSSR count). The van der Waals surface area contributed by atoms with E-state index in [4.69, 9.17) is 9.47 Å². The van der Waals surface area contributed by atoms with Gasteiger partial charge in [0, 0.05) is 22.5 Å². The first kappa shape index (κ1) is 23.8. The predicted octanol–water partition coefficient (Wildman–Crippen LogP) is 7.93. The summed E-state index contributed by atoms with van der Waals surface area (Å²) in [5, 5.41) is 7.87. The lowest BCUT2D eigenvalue weighted by atomic mass is 9.73. The van der Waals surface area contributed by atoms with Gasteiger partial charge in [-0.25, -0.2) is 4.79 Å². The molecule has 2 heterocycles. The smallest absolute Gasteiger partial charge is 0.340 e. The Morgan fingerprint density at radius 3 is 2.31 bits per heavy atom. The van der Waals surface area contributed by atoms with Crippen LogP contribution in [0, 0.1) is 11.8 Å². The Kier molecular flexibility index (Phi) is 5.44. The first-order chi connectivity index (χ1) is 19.0. The van der Waals surface area contributed by atoms with E-state index in [0.29, 0.717) is 28.9 Å². The topological polar surface area (TPSA) is 59.6 Å². The van der Waals surface area contributed by atoms with Crippen LogP contribution in [-0.4, -0.2) is 11.6 Å². The molecule has 1 fully saturated rings. The molecule has 0 radical (unpaired) electrons. The summed E-state index contributed by atoms with van der Waals surface area (Å²) in [6.07, 6.45) is 3.16. The van der Waals surface area contributed by atoms with Crippen LogP contribution >= 0.6 is 0 Å². The van der Waals surface area contributed by atoms with Gasteiger partial charge in [0.15, 0.2) is 5.60 Å². The third-order valence-electron chi connectivity index (χ3n) is 8.76. The van der Waals surface area contributed by atoms with Crippen LogP contribution in [0.1, 0.15) is 60.2 Å². The number of carbonyl (C=O) groups is 1. The first-order valence-corrected chi connectivity index (χ1v) is 13.9. The number of anilines is 2. The highest BCUT2D eigenvalue weighted by molar-refractivity contribution is 5.97. The van der Waals surface area contributed by atoms with Crippen molar-refractivity contribution in [2.45, 2.75) is 44.4 Å². The molecular weight excluding hydrogens is 484 g/mol. The Balaban J connectivity index is 1.43. The molecular formula is C34H32N2O3. The van der Waals surface area contributed by atoms with Crippen LogP contribution in [0.5, 0.6) is 11.5 Å². The average Bonchev–Trinajstić information content (AvgIpc) is 3.24. The third kappa shape index (κ3) is 3.63. The fourth-order valence-electron chi connectivity index (χ4n) is 6.85. The molecule has 39 heavy (non-hydrogen) atoms. The number of ether oxygens (including phenoxy) is 2. The first-order valence-electron chi connectivity index (χ1n) is 13.9. The van der Waals surface area contributed by atoms with Crippen LogP contribution in [-0.2, 0) is 10.3 Å². The molecule has 4 aromatic carbocycles.